The summed E-state index contributed by atoms with van der Waals surface area (Å²) in [6, 6.07) is 11.8. The molecule has 0 bridgehead atoms. The zero-order chi connectivity index (χ0) is 17.6. The summed E-state index contributed by atoms with van der Waals surface area (Å²) in [5, 5.41) is 17.3. The molecule has 0 aliphatic carbocycles. The Bertz CT molecular complexity index is 621. The predicted molar refractivity (Wildman–Crippen MR) is 99.3 cm³/mol. The van der Waals surface area contributed by atoms with Crippen LogP contribution in [0.4, 0.5) is 4.79 Å². The van der Waals surface area contributed by atoms with Crippen LogP contribution in [0.3, 0.4) is 0 Å². The van der Waals surface area contributed by atoms with E-state index in [-0.39, 0.29) is 18.5 Å². The molecule has 0 saturated carbocycles. The number of hydrogen-bond acceptors (Lipinski definition) is 3. The van der Waals surface area contributed by atoms with E-state index in [1.54, 1.807) is 30.1 Å². The van der Waals surface area contributed by atoms with Crippen molar-refractivity contribution in [1.82, 2.24) is 10.2 Å². The highest BCUT2D eigenvalue weighted by molar-refractivity contribution is 7.07. The standard InChI is InChI=1S/C19H26N2O2S/c1-15(17-9-10-24-13-17)11-20-18(22)21(14-19(2,3)23)12-16-7-5-4-6-8-16/h4-10,13,15,23H,11-12,14H2,1-3H3,(H,20,22). The number of benzene rings is 1. The number of rotatable bonds is 7. The fourth-order valence-corrected chi connectivity index (χ4v) is 3.28. The Balaban J connectivity index is 1.98. The Morgan fingerprint density at radius 1 is 1.29 bits per heavy atom. The molecule has 1 aromatic carbocycles. The third-order valence-corrected chi connectivity index (χ3v) is 4.45. The van der Waals surface area contributed by atoms with Crippen LogP contribution in [0.2, 0.25) is 0 Å². The largest absolute Gasteiger partial charge is 0.389 e. The van der Waals surface area contributed by atoms with Crippen LogP contribution in [0.5, 0.6) is 0 Å². The van der Waals surface area contributed by atoms with Crippen LogP contribution in [0, 0.1) is 0 Å². The molecule has 2 amide bonds. The summed E-state index contributed by atoms with van der Waals surface area (Å²) in [7, 11) is 0. The number of amides is 2. The molecule has 1 unspecified atom stereocenters. The molecule has 2 aromatic rings. The summed E-state index contributed by atoms with van der Waals surface area (Å²) >= 11 is 1.66. The first-order valence-corrected chi connectivity index (χ1v) is 9.10. The van der Waals surface area contributed by atoms with Crippen LogP contribution >= 0.6 is 11.3 Å². The third-order valence-electron chi connectivity index (χ3n) is 3.75. The van der Waals surface area contributed by atoms with E-state index in [1.165, 1.54) is 5.56 Å². The zero-order valence-electron chi connectivity index (χ0n) is 14.5. The predicted octanol–water partition coefficient (Wildman–Crippen LogP) is 3.83. The van der Waals surface area contributed by atoms with Gasteiger partial charge in [-0.2, -0.15) is 11.3 Å². The number of carbonyl (C=O) groups is 1. The second kappa shape index (κ2) is 8.31. The quantitative estimate of drug-likeness (QED) is 0.800. The molecular weight excluding hydrogens is 320 g/mol. The molecule has 0 spiro atoms. The summed E-state index contributed by atoms with van der Waals surface area (Å²) in [4.78, 5) is 14.3. The fourth-order valence-electron chi connectivity index (χ4n) is 2.50. The molecule has 0 fully saturated rings. The van der Waals surface area contributed by atoms with Gasteiger partial charge in [0.1, 0.15) is 0 Å². The first kappa shape index (κ1) is 18.5. The van der Waals surface area contributed by atoms with Gasteiger partial charge in [-0.15, -0.1) is 0 Å². The van der Waals surface area contributed by atoms with Gasteiger partial charge in [0.25, 0.3) is 0 Å². The Morgan fingerprint density at radius 2 is 2.00 bits per heavy atom. The first-order valence-electron chi connectivity index (χ1n) is 8.16. The van der Waals surface area contributed by atoms with Gasteiger partial charge in [-0.3, -0.25) is 0 Å². The number of urea groups is 1. The maximum Gasteiger partial charge on any atom is 0.317 e. The van der Waals surface area contributed by atoms with Crippen LogP contribution in [-0.4, -0.2) is 34.7 Å². The van der Waals surface area contributed by atoms with Crippen molar-refractivity contribution in [3.8, 4) is 0 Å². The lowest BCUT2D eigenvalue weighted by Crippen LogP contribution is -2.47. The van der Waals surface area contributed by atoms with Crippen molar-refractivity contribution in [2.24, 2.45) is 0 Å². The van der Waals surface area contributed by atoms with Gasteiger partial charge in [-0.1, -0.05) is 37.3 Å². The Morgan fingerprint density at radius 3 is 2.58 bits per heavy atom. The van der Waals surface area contributed by atoms with Crippen LogP contribution < -0.4 is 5.32 Å². The van der Waals surface area contributed by atoms with Crippen molar-refractivity contribution in [3.05, 3.63) is 58.3 Å². The highest BCUT2D eigenvalue weighted by Crippen LogP contribution is 2.17. The van der Waals surface area contributed by atoms with Crippen molar-refractivity contribution in [2.45, 2.75) is 38.8 Å². The minimum atomic E-state index is -0.939. The normalized spacial score (nSPS) is 12.7. The van der Waals surface area contributed by atoms with Crippen molar-refractivity contribution in [3.63, 3.8) is 0 Å². The molecule has 130 valence electrons. The summed E-state index contributed by atoms with van der Waals surface area (Å²) < 4.78 is 0. The van der Waals surface area contributed by atoms with E-state index < -0.39 is 5.60 Å². The smallest absolute Gasteiger partial charge is 0.317 e. The highest BCUT2D eigenvalue weighted by Gasteiger charge is 2.23. The molecule has 0 aliphatic heterocycles. The average Bonchev–Trinajstić information content (AvgIpc) is 3.06. The molecular formula is C19H26N2O2S. The maximum atomic E-state index is 12.6. The number of aliphatic hydroxyl groups is 1. The van der Waals surface area contributed by atoms with Gasteiger partial charge >= 0.3 is 6.03 Å². The second-order valence-electron chi connectivity index (χ2n) is 6.80. The van der Waals surface area contributed by atoms with E-state index in [0.29, 0.717) is 13.1 Å². The minimum Gasteiger partial charge on any atom is -0.389 e. The third kappa shape index (κ3) is 5.98. The van der Waals surface area contributed by atoms with Gasteiger partial charge in [0.15, 0.2) is 0 Å². The summed E-state index contributed by atoms with van der Waals surface area (Å²) in [5.74, 6) is 0.265. The maximum absolute atomic E-state index is 12.6. The van der Waals surface area contributed by atoms with Gasteiger partial charge in [0.2, 0.25) is 0 Å². The Labute approximate surface area is 148 Å². The Hall–Kier alpha value is -1.85. The first-order chi connectivity index (χ1) is 11.3. The molecule has 24 heavy (non-hydrogen) atoms. The minimum absolute atomic E-state index is 0.150. The lowest BCUT2D eigenvalue weighted by atomic mass is 10.1. The van der Waals surface area contributed by atoms with Crippen molar-refractivity contribution in [1.29, 1.82) is 0 Å². The highest BCUT2D eigenvalue weighted by atomic mass is 32.1. The molecule has 0 saturated heterocycles. The zero-order valence-corrected chi connectivity index (χ0v) is 15.3. The van der Waals surface area contributed by atoms with Gasteiger partial charge in [0.05, 0.1) is 12.1 Å². The number of thiophene rings is 1. The molecule has 0 aliphatic rings. The summed E-state index contributed by atoms with van der Waals surface area (Å²) in [6.07, 6.45) is 0. The molecule has 2 N–H and O–H groups in total. The molecule has 1 atom stereocenters. The second-order valence-corrected chi connectivity index (χ2v) is 7.58. The van der Waals surface area contributed by atoms with E-state index >= 15 is 0 Å². The van der Waals surface area contributed by atoms with Gasteiger partial charge in [-0.25, -0.2) is 4.79 Å². The Kier molecular flexibility index (Phi) is 6.40. The number of nitrogens with zero attached hydrogens (tertiary/aromatic N) is 1. The average molecular weight is 346 g/mol. The summed E-state index contributed by atoms with van der Waals surface area (Å²) in [6.45, 7) is 6.86. The van der Waals surface area contributed by atoms with E-state index in [1.807, 2.05) is 35.7 Å². The van der Waals surface area contributed by atoms with Crippen molar-refractivity contribution in [2.75, 3.05) is 13.1 Å². The molecule has 4 nitrogen and oxygen atoms in total. The number of nitrogens with one attached hydrogen (secondary N) is 1. The molecule has 1 aromatic heterocycles. The van der Waals surface area contributed by atoms with Crippen LogP contribution in [0.1, 0.15) is 37.8 Å². The molecule has 5 heteroatoms. The monoisotopic (exact) mass is 346 g/mol. The van der Waals surface area contributed by atoms with E-state index in [9.17, 15) is 9.90 Å². The topological polar surface area (TPSA) is 52.6 Å². The SMILES string of the molecule is CC(CNC(=O)N(Cc1ccccc1)CC(C)(C)O)c1ccsc1. The van der Waals surface area contributed by atoms with Crippen LogP contribution in [-0.2, 0) is 6.54 Å². The van der Waals surface area contributed by atoms with Crippen molar-refractivity contribution >= 4 is 17.4 Å². The fraction of sp³-hybridized carbons (Fsp3) is 0.421. The van der Waals surface area contributed by atoms with Gasteiger partial charge < -0.3 is 15.3 Å². The molecule has 2 rings (SSSR count). The van der Waals surface area contributed by atoms with E-state index in [2.05, 4.69) is 23.7 Å². The molecule has 1 heterocycles. The number of carbonyl (C=O) groups excluding carboxylic acids is 1. The summed E-state index contributed by atoms with van der Waals surface area (Å²) in [5.41, 5.74) is 1.34. The van der Waals surface area contributed by atoms with Crippen molar-refractivity contribution < 1.29 is 9.90 Å². The van der Waals surface area contributed by atoms with Gasteiger partial charge in [-0.05, 0) is 47.7 Å². The van der Waals surface area contributed by atoms with Crippen LogP contribution in [0.25, 0.3) is 0 Å². The lowest BCUT2D eigenvalue weighted by molar-refractivity contribution is 0.0446. The number of hydrogen-bond donors (Lipinski definition) is 2. The van der Waals surface area contributed by atoms with E-state index in [0.717, 1.165) is 5.56 Å². The lowest BCUT2D eigenvalue weighted by Gasteiger charge is -2.30. The van der Waals surface area contributed by atoms with Crippen LogP contribution in [0.15, 0.2) is 47.2 Å². The van der Waals surface area contributed by atoms with E-state index in [4.69, 9.17) is 0 Å². The van der Waals surface area contributed by atoms with Gasteiger partial charge in [0, 0.05) is 13.1 Å². The molecule has 0 radical (unpaired) electrons.